The molecule has 0 aliphatic heterocycles. The summed E-state index contributed by atoms with van der Waals surface area (Å²) in [5.74, 6) is -10.2. The van der Waals surface area contributed by atoms with Gasteiger partial charge in [-0.05, 0) is 42.7 Å². The maximum atomic E-state index is 13.9. The summed E-state index contributed by atoms with van der Waals surface area (Å²) in [5.41, 5.74) is -2.43. The van der Waals surface area contributed by atoms with E-state index in [-0.39, 0.29) is 15.5 Å². The lowest BCUT2D eigenvalue weighted by Crippen LogP contribution is -2.39. The van der Waals surface area contributed by atoms with Crippen molar-refractivity contribution in [3.63, 3.8) is 0 Å². The molecule has 0 aliphatic rings. The second-order valence-corrected chi connectivity index (χ2v) is 7.36. The molecular formula is C18H14F6OS2. The molecule has 0 aliphatic carbocycles. The van der Waals surface area contributed by atoms with Gasteiger partial charge in [0.15, 0.2) is 40.5 Å². The first-order valence-corrected chi connectivity index (χ1v) is 9.24. The Hall–Kier alpha value is -1.74. The average molecular weight is 424 g/mol. The van der Waals surface area contributed by atoms with Gasteiger partial charge in [0.25, 0.3) is 0 Å². The number of hydrogen-bond acceptors (Lipinski definition) is 3. The van der Waals surface area contributed by atoms with Crippen molar-refractivity contribution < 1.29 is 31.1 Å². The van der Waals surface area contributed by atoms with Crippen LogP contribution in [0.25, 0.3) is 0 Å². The SMILES string of the molecule is CSC(=S)OC(c1cc(F)c(F)c(F)c1)(c1cc(F)c(F)c(F)c1)C(C)C. The van der Waals surface area contributed by atoms with Crippen LogP contribution in [0.1, 0.15) is 25.0 Å². The first kappa shape index (κ1) is 21.6. The van der Waals surface area contributed by atoms with E-state index in [0.717, 1.165) is 11.8 Å². The zero-order valence-electron chi connectivity index (χ0n) is 14.4. The van der Waals surface area contributed by atoms with Gasteiger partial charge >= 0.3 is 0 Å². The van der Waals surface area contributed by atoms with Crippen molar-refractivity contribution in [1.82, 2.24) is 0 Å². The summed E-state index contributed by atoms with van der Waals surface area (Å²) in [6, 6.07) is 2.61. The summed E-state index contributed by atoms with van der Waals surface area (Å²) in [6.07, 6.45) is 1.56. The van der Waals surface area contributed by atoms with Crippen LogP contribution in [-0.2, 0) is 10.3 Å². The van der Waals surface area contributed by atoms with Crippen LogP contribution in [0.15, 0.2) is 24.3 Å². The summed E-state index contributed by atoms with van der Waals surface area (Å²) >= 11 is 5.99. The highest BCUT2D eigenvalue weighted by molar-refractivity contribution is 8.22. The Bertz CT molecular complexity index is 781. The molecule has 0 fully saturated rings. The minimum Gasteiger partial charge on any atom is -0.462 e. The molecule has 0 N–H and O–H groups in total. The van der Waals surface area contributed by atoms with Gasteiger partial charge < -0.3 is 4.74 Å². The fraction of sp³-hybridized carbons (Fsp3) is 0.278. The predicted molar refractivity (Wildman–Crippen MR) is 95.4 cm³/mol. The number of thiocarbonyl (C=S) groups is 1. The molecule has 0 spiro atoms. The third-order valence-electron chi connectivity index (χ3n) is 4.05. The molecule has 2 aromatic rings. The molecule has 0 amide bonds. The van der Waals surface area contributed by atoms with Crippen LogP contribution in [0, 0.1) is 40.8 Å². The van der Waals surface area contributed by atoms with E-state index in [2.05, 4.69) is 0 Å². The Morgan fingerprint density at radius 2 is 1.19 bits per heavy atom. The maximum Gasteiger partial charge on any atom is 0.220 e. The van der Waals surface area contributed by atoms with E-state index < -0.39 is 46.4 Å². The number of benzene rings is 2. The van der Waals surface area contributed by atoms with Crippen LogP contribution in [0.4, 0.5) is 26.3 Å². The smallest absolute Gasteiger partial charge is 0.220 e. The van der Waals surface area contributed by atoms with Gasteiger partial charge in [-0.25, -0.2) is 26.3 Å². The van der Waals surface area contributed by atoms with E-state index in [9.17, 15) is 26.3 Å². The predicted octanol–water partition coefficient (Wildman–Crippen LogP) is 6.09. The molecule has 0 atom stereocenters. The number of thioether (sulfide) groups is 1. The van der Waals surface area contributed by atoms with Gasteiger partial charge in [-0.2, -0.15) is 0 Å². The fourth-order valence-electron chi connectivity index (χ4n) is 2.78. The average Bonchev–Trinajstić information content (AvgIpc) is 2.60. The molecule has 0 saturated carbocycles. The lowest BCUT2D eigenvalue weighted by molar-refractivity contribution is 0.0536. The van der Waals surface area contributed by atoms with Crippen molar-refractivity contribution in [1.29, 1.82) is 0 Å². The van der Waals surface area contributed by atoms with Gasteiger partial charge in [-0.3, -0.25) is 0 Å². The monoisotopic (exact) mass is 424 g/mol. The molecular weight excluding hydrogens is 410 g/mol. The molecule has 0 unspecified atom stereocenters. The van der Waals surface area contributed by atoms with Gasteiger partial charge in [-0.15, -0.1) is 0 Å². The quantitative estimate of drug-likeness (QED) is 0.334. The van der Waals surface area contributed by atoms with Gasteiger partial charge in [0.1, 0.15) is 0 Å². The Balaban J connectivity index is 2.88. The van der Waals surface area contributed by atoms with Gasteiger partial charge in [-0.1, -0.05) is 25.6 Å². The molecule has 0 bridgehead atoms. The molecule has 146 valence electrons. The number of ether oxygens (including phenoxy) is 1. The first-order valence-electron chi connectivity index (χ1n) is 7.61. The lowest BCUT2D eigenvalue weighted by Gasteiger charge is -2.39. The third-order valence-corrected chi connectivity index (χ3v) is 5.05. The van der Waals surface area contributed by atoms with Crippen LogP contribution in [0.5, 0.6) is 0 Å². The molecule has 0 aromatic heterocycles. The van der Waals surface area contributed by atoms with Crippen LogP contribution in [0.2, 0.25) is 0 Å². The molecule has 1 nitrogen and oxygen atoms in total. The van der Waals surface area contributed by atoms with Crippen molar-refractivity contribution in [2.45, 2.75) is 19.4 Å². The first-order chi connectivity index (χ1) is 12.5. The summed E-state index contributed by atoms with van der Waals surface area (Å²) in [6.45, 7) is 3.09. The molecule has 9 heteroatoms. The van der Waals surface area contributed by atoms with E-state index in [1.807, 2.05) is 0 Å². The fourth-order valence-corrected chi connectivity index (χ4v) is 3.13. The molecule has 2 rings (SSSR count). The minimum atomic E-state index is -1.90. The van der Waals surface area contributed by atoms with Crippen LogP contribution in [0.3, 0.4) is 0 Å². The second kappa shape index (κ2) is 8.10. The minimum absolute atomic E-state index is 0.0982. The Kier molecular flexibility index (Phi) is 6.47. The zero-order valence-corrected chi connectivity index (χ0v) is 16.0. The van der Waals surface area contributed by atoms with E-state index in [4.69, 9.17) is 17.0 Å². The highest BCUT2D eigenvalue weighted by Gasteiger charge is 2.43. The van der Waals surface area contributed by atoms with Gasteiger partial charge in [0.05, 0.1) is 0 Å². The van der Waals surface area contributed by atoms with Crippen molar-refractivity contribution in [3.05, 3.63) is 70.3 Å². The Morgan fingerprint density at radius 1 is 0.852 bits per heavy atom. The van der Waals surface area contributed by atoms with Crippen LogP contribution < -0.4 is 0 Å². The zero-order chi connectivity index (χ0) is 20.5. The van der Waals surface area contributed by atoms with E-state index in [1.54, 1.807) is 20.1 Å². The normalized spacial score (nSPS) is 11.8. The number of rotatable bonds is 4. The third kappa shape index (κ3) is 3.94. The second-order valence-electron chi connectivity index (χ2n) is 5.95. The molecule has 27 heavy (non-hydrogen) atoms. The van der Waals surface area contributed by atoms with Gasteiger partial charge in [0, 0.05) is 17.0 Å². The van der Waals surface area contributed by atoms with E-state index in [0.29, 0.717) is 24.3 Å². The molecule has 0 heterocycles. The standard InChI is InChI=1S/C18H14F6OS2/c1-8(2)18(25-17(26)27-3,9-4-11(19)15(23)12(20)5-9)10-6-13(21)16(24)14(22)7-10/h4-8H,1-3H3. The Labute approximate surface area is 161 Å². The summed E-state index contributed by atoms with van der Waals surface area (Å²) in [4.78, 5) is 0. The highest BCUT2D eigenvalue weighted by Crippen LogP contribution is 2.43. The molecule has 2 aromatic carbocycles. The molecule has 0 saturated heterocycles. The van der Waals surface area contributed by atoms with E-state index in [1.165, 1.54) is 0 Å². The summed E-state index contributed by atoms with van der Waals surface area (Å²) < 4.78 is 87.9. The van der Waals surface area contributed by atoms with Crippen molar-refractivity contribution in [3.8, 4) is 0 Å². The largest absolute Gasteiger partial charge is 0.462 e. The van der Waals surface area contributed by atoms with Gasteiger partial charge in [0.2, 0.25) is 4.38 Å². The number of halogens is 6. The Morgan fingerprint density at radius 3 is 1.44 bits per heavy atom. The summed E-state index contributed by atoms with van der Waals surface area (Å²) in [5, 5.41) is 0. The summed E-state index contributed by atoms with van der Waals surface area (Å²) in [7, 11) is 0. The lowest BCUT2D eigenvalue weighted by atomic mass is 9.77. The van der Waals surface area contributed by atoms with Crippen LogP contribution >= 0.6 is 24.0 Å². The van der Waals surface area contributed by atoms with Crippen molar-refractivity contribution >= 4 is 28.4 Å². The highest BCUT2D eigenvalue weighted by atomic mass is 32.2. The topological polar surface area (TPSA) is 9.23 Å². The van der Waals surface area contributed by atoms with Crippen molar-refractivity contribution in [2.75, 3.05) is 6.26 Å². The van der Waals surface area contributed by atoms with Crippen molar-refractivity contribution in [2.24, 2.45) is 5.92 Å². The molecule has 0 radical (unpaired) electrons. The maximum absolute atomic E-state index is 13.9. The van der Waals surface area contributed by atoms with Crippen LogP contribution in [-0.4, -0.2) is 10.6 Å². The van der Waals surface area contributed by atoms with E-state index >= 15 is 0 Å². The number of hydrogen-bond donors (Lipinski definition) is 0.